The Hall–Kier alpha value is -3.03. The molecule has 2 N–H and O–H groups in total. The predicted octanol–water partition coefficient (Wildman–Crippen LogP) is 4.28. The Kier molecular flexibility index (Phi) is 6.94. The van der Waals surface area contributed by atoms with Gasteiger partial charge in [0.15, 0.2) is 5.60 Å². The van der Waals surface area contributed by atoms with Gasteiger partial charge in [-0.3, -0.25) is 4.79 Å². The molecule has 2 bridgehead atoms. The Morgan fingerprint density at radius 2 is 1.97 bits per heavy atom. The van der Waals surface area contributed by atoms with Crippen LogP contribution in [-0.2, 0) is 27.0 Å². The number of aryl methyl sites for hydroxylation is 1. The fourth-order valence-electron chi connectivity index (χ4n) is 5.92. The van der Waals surface area contributed by atoms with E-state index < -0.39 is 23.9 Å². The Labute approximate surface area is 222 Å². The molecule has 0 unspecified atom stereocenters. The second-order valence-corrected chi connectivity index (χ2v) is 11.0. The number of rotatable bonds is 1. The quantitative estimate of drug-likeness (QED) is 0.541. The lowest BCUT2D eigenvalue weighted by molar-refractivity contribution is -0.164. The first-order valence-corrected chi connectivity index (χ1v) is 13.3. The first-order chi connectivity index (χ1) is 17.7. The van der Waals surface area contributed by atoms with Crippen LogP contribution in [0.2, 0.25) is 5.02 Å². The molecule has 5 rings (SSSR count). The molecule has 0 saturated heterocycles. The third-order valence-corrected chi connectivity index (χ3v) is 8.28. The highest BCUT2D eigenvalue weighted by Gasteiger charge is 2.44. The van der Waals surface area contributed by atoms with Crippen molar-refractivity contribution in [1.29, 1.82) is 0 Å². The highest BCUT2D eigenvalue weighted by Crippen LogP contribution is 2.45. The molecule has 2 aromatic carbocycles. The molecule has 1 spiro atoms. The van der Waals surface area contributed by atoms with E-state index in [1.165, 1.54) is 16.0 Å². The summed E-state index contributed by atoms with van der Waals surface area (Å²) in [6.45, 7) is 2.31. The van der Waals surface area contributed by atoms with Crippen LogP contribution in [0.5, 0.6) is 5.75 Å². The SMILES string of the molecule is CN1C/C=C/CCCN2C[C@@]3(CCCc4cc(Cl)ccc43)COc3ccc(cc32)[C@@](O)(C(=O)O)CC1=O. The van der Waals surface area contributed by atoms with Crippen molar-refractivity contribution in [3.05, 3.63) is 70.3 Å². The second kappa shape index (κ2) is 10.0. The zero-order chi connectivity index (χ0) is 26.2. The van der Waals surface area contributed by atoms with Gasteiger partial charge in [-0.2, -0.15) is 0 Å². The number of amides is 1. The number of carboxylic acids is 1. The summed E-state index contributed by atoms with van der Waals surface area (Å²) in [6, 6.07) is 11.1. The van der Waals surface area contributed by atoms with E-state index in [4.69, 9.17) is 16.3 Å². The van der Waals surface area contributed by atoms with Crippen LogP contribution in [0.3, 0.4) is 0 Å². The fourth-order valence-corrected chi connectivity index (χ4v) is 6.11. The molecule has 0 fully saturated rings. The molecule has 0 aromatic heterocycles. The topological polar surface area (TPSA) is 90.3 Å². The number of aliphatic hydroxyl groups is 1. The van der Waals surface area contributed by atoms with Gasteiger partial charge in [0, 0.05) is 37.1 Å². The van der Waals surface area contributed by atoms with Gasteiger partial charge in [0.1, 0.15) is 5.75 Å². The standard InChI is InChI=1S/C29H33ClN2O5/c1-31-13-4-2-3-5-14-32-18-28(12-6-7-20-15-22(30)9-10-23(20)28)19-37-25-11-8-21(16-24(25)32)29(36,27(34)35)17-26(31)33/h2,4,8-11,15-16,36H,3,5-7,12-14,17-19H2,1H3,(H,34,35)/b4-2+/t28-,29+/m0/s1. The van der Waals surface area contributed by atoms with Crippen LogP contribution in [0.1, 0.15) is 48.8 Å². The normalized spacial score (nSPS) is 27.1. The summed E-state index contributed by atoms with van der Waals surface area (Å²) >= 11 is 6.32. The van der Waals surface area contributed by atoms with Gasteiger partial charge in [-0.1, -0.05) is 35.9 Å². The summed E-state index contributed by atoms with van der Waals surface area (Å²) in [6.07, 6.45) is 8.14. The molecule has 8 heteroatoms. The summed E-state index contributed by atoms with van der Waals surface area (Å²) < 4.78 is 6.43. The van der Waals surface area contributed by atoms with E-state index in [1.807, 2.05) is 12.1 Å². The van der Waals surface area contributed by atoms with Gasteiger partial charge in [-0.05, 0) is 73.1 Å². The van der Waals surface area contributed by atoms with Crippen molar-refractivity contribution in [3.63, 3.8) is 0 Å². The average molecular weight is 525 g/mol. The summed E-state index contributed by atoms with van der Waals surface area (Å²) in [7, 11) is 1.61. The number of anilines is 1. The first-order valence-electron chi connectivity index (χ1n) is 12.9. The Balaban J connectivity index is 1.60. The third-order valence-electron chi connectivity index (χ3n) is 8.05. The molecular weight excluding hydrogens is 492 g/mol. The molecular formula is C29H33ClN2O5. The smallest absolute Gasteiger partial charge is 0.340 e. The number of benzene rings is 2. The van der Waals surface area contributed by atoms with Crippen LogP contribution >= 0.6 is 11.6 Å². The van der Waals surface area contributed by atoms with Crippen molar-refractivity contribution in [2.75, 3.05) is 38.2 Å². The molecule has 1 amide bonds. The van der Waals surface area contributed by atoms with Gasteiger partial charge in [-0.25, -0.2) is 4.79 Å². The van der Waals surface area contributed by atoms with Gasteiger partial charge in [-0.15, -0.1) is 0 Å². The van der Waals surface area contributed by atoms with Crippen LogP contribution < -0.4 is 9.64 Å². The van der Waals surface area contributed by atoms with Gasteiger partial charge in [0.25, 0.3) is 0 Å². The third kappa shape index (κ3) is 4.82. The number of carboxylic acid groups (broad SMARTS) is 1. The highest BCUT2D eigenvalue weighted by molar-refractivity contribution is 6.30. The van der Waals surface area contributed by atoms with E-state index in [0.29, 0.717) is 25.4 Å². The highest BCUT2D eigenvalue weighted by atomic mass is 35.5. The second-order valence-electron chi connectivity index (χ2n) is 10.6. The molecule has 37 heavy (non-hydrogen) atoms. The molecule has 1 aliphatic carbocycles. The number of allylic oxidation sites excluding steroid dienone is 1. The number of carbonyl (C=O) groups excluding carboxylic acids is 1. The zero-order valence-electron chi connectivity index (χ0n) is 21.1. The minimum Gasteiger partial charge on any atom is -0.490 e. The lowest BCUT2D eigenvalue weighted by Crippen LogP contribution is -2.46. The van der Waals surface area contributed by atoms with Crippen molar-refractivity contribution in [2.24, 2.45) is 0 Å². The monoisotopic (exact) mass is 524 g/mol. The van der Waals surface area contributed by atoms with Crippen molar-refractivity contribution in [1.82, 2.24) is 4.90 Å². The van der Waals surface area contributed by atoms with Crippen LogP contribution in [0.4, 0.5) is 5.69 Å². The summed E-state index contributed by atoms with van der Waals surface area (Å²) in [5, 5.41) is 22.1. The maximum atomic E-state index is 12.8. The number of fused-ring (bicyclic) bond motifs is 3. The molecule has 2 aromatic rings. The fraction of sp³-hybridized carbons (Fsp3) is 0.448. The predicted molar refractivity (Wildman–Crippen MR) is 142 cm³/mol. The van der Waals surface area contributed by atoms with Crippen LogP contribution in [0.15, 0.2) is 48.6 Å². The number of carbonyl (C=O) groups is 2. The molecule has 0 radical (unpaired) electrons. The number of hydrogen-bond acceptors (Lipinski definition) is 5. The van der Waals surface area contributed by atoms with Crippen molar-refractivity contribution < 1.29 is 24.5 Å². The number of halogens is 1. The van der Waals surface area contributed by atoms with Crippen LogP contribution in [0.25, 0.3) is 0 Å². The maximum Gasteiger partial charge on any atom is 0.340 e. The number of nitrogens with zero attached hydrogens (tertiary/aromatic N) is 2. The molecule has 2 atom stereocenters. The molecule has 2 aliphatic heterocycles. The minimum atomic E-state index is -2.35. The Morgan fingerprint density at radius 3 is 2.78 bits per heavy atom. The minimum absolute atomic E-state index is 0.175. The molecule has 0 saturated carbocycles. The van der Waals surface area contributed by atoms with E-state index >= 15 is 0 Å². The molecule has 196 valence electrons. The first kappa shape index (κ1) is 25.6. The van der Waals surface area contributed by atoms with E-state index in [-0.39, 0.29) is 11.0 Å². The van der Waals surface area contributed by atoms with E-state index in [0.717, 1.165) is 49.4 Å². The van der Waals surface area contributed by atoms with Gasteiger partial charge < -0.3 is 24.7 Å². The summed E-state index contributed by atoms with van der Waals surface area (Å²) in [4.78, 5) is 28.8. The Morgan fingerprint density at radius 1 is 1.14 bits per heavy atom. The number of hydrogen-bond donors (Lipinski definition) is 2. The lowest BCUT2D eigenvalue weighted by atomic mass is 9.70. The van der Waals surface area contributed by atoms with Gasteiger partial charge >= 0.3 is 5.97 Å². The molecule has 2 heterocycles. The van der Waals surface area contributed by atoms with Crippen molar-refractivity contribution in [2.45, 2.75) is 49.5 Å². The lowest BCUT2D eigenvalue weighted by Gasteiger charge is -2.41. The zero-order valence-corrected chi connectivity index (χ0v) is 21.8. The molecule has 3 aliphatic rings. The van der Waals surface area contributed by atoms with Crippen molar-refractivity contribution >= 4 is 29.2 Å². The number of aliphatic carboxylic acids is 1. The van der Waals surface area contributed by atoms with Crippen LogP contribution in [0, 0.1) is 0 Å². The number of likely N-dealkylation sites (N-methyl/N-ethyl adjacent to an activating group) is 1. The Bertz CT molecular complexity index is 1250. The maximum absolute atomic E-state index is 12.8. The molecule has 7 nitrogen and oxygen atoms in total. The summed E-state index contributed by atoms with van der Waals surface area (Å²) in [5.41, 5.74) is 0.844. The number of ether oxygens (including phenoxy) is 1. The van der Waals surface area contributed by atoms with E-state index in [1.54, 1.807) is 25.2 Å². The van der Waals surface area contributed by atoms with E-state index in [2.05, 4.69) is 23.1 Å². The average Bonchev–Trinajstić information content (AvgIpc) is 3.02. The van der Waals surface area contributed by atoms with Gasteiger partial charge in [0.2, 0.25) is 5.91 Å². The largest absolute Gasteiger partial charge is 0.490 e. The van der Waals surface area contributed by atoms with Crippen molar-refractivity contribution in [3.8, 4) is 5.75 Å². The summed E-state index contributed by atoms with van der Waals surface area (Å²) in [5.74, 6) is -1.24. The van der Waals surface area contributed by atoms with E-state index in [9.17, 15) is 19.8 Å². The van der Waals surface area contributed by atoms with Crippen LogP contribution in [-0.4, -0.2) is 60.3 Å². The van der Waals surface area contributed by atoms with Gasteiger partial charge in [0.05, 0.1) is 18.7 Å².